The summed E-state index contributed by atoms with van der Waals surface area (Å²) in [6.07, 6.45) is 3.30. The third-order valence-corrected chi connectivity index (χ3v) is 5.09. The van der Waals surface area contributed by atoms with Crippen molar-refractivity contribution in [2.75, 3.05) is 32.5 Å². The standard InChI is InChI=1S/C18H18N6OS/c1-23(2)9-8-19-18-20-10-13-14-15(26-16(13)22-18)17(25)24(11-21-14)12-6-4-3-5-7-12/h3-7,10-11H,8-9H2,1-2H3,(H,19,20,22). The van der Waals surface area contributed by atoms with Crippen LogP contribution in [-0.2, 0) is 0 Å². The van der Waals surface area contributed by atoms with Crippen LogP contribution in [0.4, 0.5) is 5.95 Å². The predicted molar refractivity (Wildman–Crippen MR) is 105 cm³/mol. The fourth-order valence-corrected chi connectivity index (χ4v) is 3.70. The molecule has 4 aromatic rings. The zero-order valence-corrected chi connectivity index (χ0v) is 15.3. The summed E-state index contributed by atoms with van der Waals surface area (Å²) < 4.78 is 2.15. The lowest BCUT2D eigenvalue weighted by Crippen LogP contribution is -2.21. The maximum Gasteiger partial charge on any atom is 0.275 e. The van der Waals surface area contributed by atoms with Crippen LogP contribution in [0.15, 0.2) is 47.7 Å². The number of fused-ring (bicyclic) bond motifs is 3. The number of anilines is 1. The molecular weight excluding hydrogens is 348 g/mol. The fraction of sp³-hybridized carbons (Fsp3) is 0.222. The Kier molecular flexibility index (Phi) is 4.36. The molecule has 3 aromatic heterocycles. The second-order valence-corrected chi connectivity index (χ2v) is 7.18. The van der Waals surface area contributed by atoms with Crippen molar-refractivity contribution in [3.63, 3.8) is 0 Å². The molecule has 0 fully saturated rings. The first-order valence-electron chi connectivity index (χ1n) is 8.24. The molecule has 0 amide bonds. The van der Waals surface area contributed by atoms with E-state index in [0.29, 0.717) is 16.2 Å². The fourth-order valence-electron chi connectivity index (χ4n) is 2.67. The highest BCUT2D eigenvalue weighted by Crippen LogP contribution is 2.29. The highest BCUT2D eigenvalue weighted by molar-refractivity contribution is 7.25. The summed E-state index contributed by atoms with van der Waals surface area (Å²) in [7, 11) is 4.03. The Balaban J connectivity index is 1.76. The molecule has 7 nitrogen and oxygen atoms in total. The number of nitrogens with one attached hydrogen (secondary N) is 1. The molecule has 3 heterocycles. The van der Waals surface area contributed by atoms with Crippen molar-refractivity contribution in [1.29, 1.82) is 0 Å². The highest BCUT2D eigenvalue weighted by atomic mass is 32.1. The molecule has 0 saturated heterocycles. The third kappa shape index (κ3) is 3.04. The van der Waals surface area contributed by atoms with Crippen LogP contribution in [-0.4, -0.2) is 51.6 Å². The number of thiophene rings is 1. The van der Waals surface area contributed by atoms with E-state index in [1.165, 1.54) is 11.3 Å². The lowest BCUT2D eigenvalue weighted by Gasteiger charge is -2.09. The molecule has 0 atom stereocenters. The number of hydrogen-bond acceptors (Lipinski definition) is 7. The van der Waals surface area contributed by atoms with Gasteiger partial charge in [-0.1, -0.05) is 18.2 Å². The second kappa shape index (κ2) is 6.81. The average molecular weight is 366 g/mol. The van der Waals surface area contributed by atoms with Crippen molar-refractivity contribution >= 4 is 37.7 Å². The van der Waals surface area contributed by atoms with Crippen LogP contribution in [0.3, 0.4) is 0 Å². The molecule has 0 aliphatic rings. The van der Waals surface area contributed by atoms with Crippen molar-refractivity contribution in [3.8, 4) is 5.69 Å². The van der Waals surface area contributed by atoms with Crippen LogP contribution in [0, 0.1) is 0 Å². The van der Waals surface area contributed by atoms with E-state index in [0.717, 1.165) is 29.0 Å². The minimum absolute atomic E-state index is 0.0914. The molecule has 0 saturated carbocycles. The molecule has 0 unspecified atom stereocenters. The summed E-state index contributed by atoms with van der Waals surface area (Å²) in [5.41, 5.74) is 1.36. The van der Waals surface area contributed by atoms with Gasteiger partial charge in [0.2, 0.25) is 5.95 Å². The first-order chi connectivity index (χ1) is 12.6. The average Bonchev–Trinajstić information content (AvgIpc) is 3.01. The van der Waals surface area contributed by atoms with Crippen molar-refractivity contribution in [1.82, 2.24) is 24.4 Å². The van der Waals surface area contributed by atoms with Crippen LogP contribution in [0.25, 0.3) is 26.1 Å². The first kappa shape index (κ1) is 16.6. The van der Waals surface area contributed by atoms with Gasteiger partial charge < -0.3 is 10.2 Å². The maximum absolute atomic E-state index is 12.9. The summed E-state index contributed by atoms with van der Waals surface area (Å²) in [6.45, 7) is 1.64. The van der Waals surface area contributed by atoms with Gasteiger partial charge in [-0.3, -0.25) is 9.36 Å². The number of aromatic nitrogens is 4. The monoisotopic (exact) mass is 366 g/mol. The number of para-hydroxylation sites is 1. The quantitative estimate of drug-likeness (QED) is 0.584. The molecule has 1 N–H and O–H groups in total. The first-order valence-corrected chi connectivity index (χ1v) is 9.06. The van der Waals surface area contributed by atoms with Crippen molar-refractivity contribution in [2.24, 2.45) is 0 Å². The third-order valence-electron chi connectivity index (χ3n) is 4.01. The van der Waals surface area contributed by atoms with E-state index in [4.69, 9.17) is 0 Å². The minimum Gasteiger partial charge on any atom is -0.353 e. The van der Waals surface area contributed by atoms with Crippen LogP contribution < -0.4 is 10.9 Å². The topological polar surface area (TPSA) is 75.9 Å². The SMILES string of the molecule is CN(C)CCNc1ncc2c(n1)sc1c(=O)n(-c3ccccc3)cnc12. The summed E-state index contributed by atoms with van der Waals surface area (Å²) in [5.74, 6) is 0.564. The molecule has 26 heavy (non-hydrogen) atoms. The van der Waals surface area contributed by atoms with Gasteiger partial charge in [-0.2, -0.15) is 0 Å². The smallest absolute Gasteiger partial charge is 0.275 e. The van der Waals surface area contributed by atoms with E-state index in [9.17, 15) is 4.79 Å². The molecule has 0 radical (unpaired) electrons. The Hall–Kier alpha value is -2.84. The molecule has 0 aliphatic heterocycles. The molecule has 132 valence electrons. The van der Waals surface area contributed by atoms with Crippen molar-refractivity contribution in [2.45, 2.75) is 0 Å². The molecule has 1 aromatic carbocycles. The summed E-state index contributed by atoms with van der Waals surface area (Å²) in [6, 6.07) is 9.48. The van der Waals surface area contributed by atoms with Gasteiger partial charge in [0.1, 0.15) is 15.9 Å². The zero-order valence-electron chi connectivity index (χ0n) is 14.5. The Morgan fingerprint density at radius 1 is 1.19 bits per heavy atom. The van der Waals surface area contributed by atoms with Crippen LogP contribution in [0.1, 0.15) is 0 Å². The van der Waals surface area contributed by atoms with Gasteiger partial charge in [0.25, 0.3) is 5.56 Å². The Bertz CT molecular complexity index is 1120. The van der Waals surface area contributed by atoms with E-state index in [-0.39, 0.29) is 5.56 Å². The van der Waals surface area contributed by atoms with Crippen LogP contribution in [0.2, 0.25) is 0 Å². The van der Waals surface area contributed by atoms with Crippen molar-refractivity contribution < 1.29 is 0 Å². The van der Waals surface area contributed by atoms with Crippen LogP contribution >= 0.6 is 11.3 Å². The van der Waals surface area contributed by atoms with Gasteiger partial charge in [0, 0.05) is 19.3 Å². The Morgan fingerprint density at radius 3 is 2.77 bits per heavy atom. The molecule has 0 aliphatic carbocycles. The summed E-state index contributed by atoms with van der Waals surface area (Å²) >= 11 is 1.35. The highest BCUT2D eigenvalue weighted by Gasteiger charge is 2.14. The second-order valence-electron chi connectivity index (χ2n) is 6.18. The number of nitrogens with zero attached hydrogens (tertiary/aromatic N) is 5. The van der Waals surface area contributed by atoms with Gasteiger partial charge in [0.15, 0.2) is 0 Å². The van der Waals surface area contributed by atoms with E-state index >= 15 is 0 Å². The van der Waals surface area contributed by atoms with Gasteiger partial charge in [0.05, 0.1) is 16.6 Å². The zero-order chi connectivity index (χ0) is 18.1. The van der Waals surface area contributed by atoms with Gasteiger partial charge in [-0.25, -0.2) is 15.0 Å². The number of likely N-dealkylation sites (N-methyl/N-ethyl adjacent to an activating group) is 1. The lowest BCUT2D eigenvalue weighted by atomic mass is 10.3. The Morgan fingerprint density at radius 2 is 2.00 bits per heavy atom. The summed E-state index contributed by atoms with van der Waals surface area (Å²) in [5, 5.41) is 4.01. The molecular formula is C18H18N6OS. The number of rotatable bonds is 5. The van der Waals surface area contributed by atoms with Gasteiger partial charge >= 0.3 is 0 Å². The normalized spacial score (nSPS) is 11.5. The van der Waals surface area contributed by atoms with Gasteiger partial charge in [-0.05, 0) is 26.2 Å². The van der Waals surface area contributed by atoms with Crippen LogP contribution in [0.5, 0.6) is 0 Å². The minimum atomic E-state index is -0.0914. The lowest BCUT2D eigenvalue weighted by molar-refractivity contribution is 0.425. The van der Waals surface area contributed by atoms with Gasteiger partial charge in [-0.15, -0.1) is 11.3 Å². The van der Waals surface area contributed by atoms with E-state index in [1.54, 1.807) is 17.1 Å². The maximum atomic E-state index is 12.9. The molecule has 8 heteroatoms. The largest absolute Gasteiger partial charge is 0.353 e. The molecule has 0 bridgehead atoms. The van der Waals surface area contributed by atoms with Crippen molar-refractivity contribution in [3.05, 3.63) is 53.2 Å². The predicted octanol–water partition coefficient (Wildman–Crippen LogP) is 2.36. The van der Waals surface area contributed by atoms with E-state index < -0.39 is 0 Å². The van der Waals surface area contributed by atoms with E-state index in [1.807, 2.05) is 44.4 Å². The number of hydrogen-bond donors (Lipinski definition) is 1. The molecule has 4 rings (SSSR count). The summed E-state index contributed by atoms with van der Waals surface area (Å²) in [4.78, 5) is 29.1. The number of benzene rings is 1. The van der Waals surface area contributed by atoms with E-state index in [2.05, 4.69) is 25.2 Å². The Labute approximate surface area is 154 Å². The molecule has 0 spiro atoms.